The maximum Gasteiger partial charge on any atom is 0.313 e. The lowest BCUT2D eigenvalue weighted by Gasteiger charge is -2.32. The molecule has 25 heavy (non-hydrogen) atoms. The molecule has 0 spiro atoms. The monoisotopic (exact) mass is 374 g/mol. The molecule has 0 aromatic carbocycles. The second kappa shape index (κ2) is 7.15. The highest BCUT2D eigenvalue weighted by Gasteiger charge is 2.39. The number of nitrogens with zero attached hydrogens (tertiary/aromatic N) is 1. The number of carboxylic acids is 1. The van der Waals surface area contributed by atoms with Gasteiger partial charge in [-0.05, 0) is 12.5 Å². The quantitative estimate of drug-likeness (QED) is 0.476. The second-order valence-electron chi connectivity index (χ2n) is 6.59. The second-order valence-corrected chi connectivity index (χ2v) is 7.99. The van der Waals surface area contributed by atoms with Crippen molar-refractivity contribution < 1.29 is 9.90 Å². The van der Waals surface area contributed by atoms with Gasteiger partial charge in [0.25, 0.3) is 0 Å². The predicted octanol–water partition coefficient (Wildman–Crippen LogP) is 4.00. The molecule has 3 rings (SSSR count). The number of aromatic amines is 1. The number of alkyl halides is 1. The fourth-order valence-electron chi connectivity index (χ4n) is 2.86. The van der Waals surface area contributed by atoms with Crippen LogP contribution in [0.4, 0.5) is 0 Å². The van der Waals surface area contributed by atoms with Gasteiger partial charge >= 0.3 is 5.97 Å². The molecule has 2 unspecified atom stereocenters. The number of halogens is 1. The molecule has 2 N–H and O–H groups in total. The van der Waals surface area contributed by atoms with E-state index in [4.69, 9.17) is 16.7 Å². The van der Waals surface area contributed by atoms with Crippen LogP contribution in [-0.2, 0) is 10.2 Å². The van der Waals surface area contributed by atoms with Gasteiger partial charge in [0.05, 0.1) is 22.5 Å². The van der Waals surface area contributed by atoms with Crippen molar-refractivity contribution in [1.29, 1.82) is 0 Å². The van der Waals surface area contributed by atoms with Crippen LogP contribution in [0, 0.1) is 17.8 Å². The number of nitrogens with one attached hydrogen (secondary N) is 1. The van der Waals surface area contributed by atoms with Gasteiger partial charge in [-0.15, -0.1) is 11.6 Å². The lowest BCUT2D eigenvalue weighted by Crippen LogP contribution is -2.34. The highest BCUT2D eigenvalue weighted by atomic mass is 35.5. The van der Waals surface area contributed by atoms with Crippen LogP contribution in [0.1, 0.15) is 31.7 Å². The Balaban J connectivity index is 1.89. The molecule has 130 valence electrons. The summed E-state index contributed by atoms with van der Waals surface area (Å²) >= 11 is 7.88. The zero-order valence-corrected chi connectivity index (χ0v) is 15.6. The molecule has 6 heteroatoms. The van der Waals surface area contributed by atoms with Crippen molar-refractivity contribution in [3.8, 4) is 11.8 Å². The van der Waals surface area contributed by atoms with Crippen LogP contribution in [0.25, 0.3) is 6.08 Å². The molecule has 0 saturated heterocycles. The van der Waals surface area contributed by atoms with Gasteiger partial charge in [0.1, 0.15) is 0 Å². The highest BCUT2D eigenvalue weighted by Crippen LogP contribution is 2.41. The molecule has 0 aliphatic heterocycles. The van der Waals surface area contributed by atoms with Crippen LogP contribution in [0.2, 0.25) is 0 Å². The summed E-state index contributed by atoms with van der Waals surface area (Å²) in [5.74, 6) is 5.82. The maximum atomic E-state index is 10.8. The molecule has 4 nitrogen and oxygen atoms in total. The number of allylic oxidation sites excluding steroid dienone is 5. The first-order chi connectivity index (χ1) is 11.9. The third-order valence-corrected chi connectivity index (χ3v) is 5.91. The number of carbonyl (C=O) groups is 1. The van der Waals surface area contributed by atoms with E-state index in [1.54, 1.807) is 0 Å². The number of rotatable bonds is 3. The number of imidazole rings is 1. The molecular formula is C19H19ClN2O2S. The van der Waals surface area contributed by atoms with Gasteiger partial charge in [0.2, 0.25) is 0 Å². The minimum atomic E-state index is -0.870. The summed E-state index contributed by atoms with van der Waals surface area (Å²) < 4.78 is 0. The molecule has 2 aliphatic rings. The topological polar surface area (TPSA) is 66.0 Å². The van der Waals surface area contributed by atoms with Crippen LogP contribution in [0.5, 0.6) is 0 Å². The number of aromatic nitrogens is 2. The molecule has 0 bridgehead atoms. The lowest BCUT2D eigenvalue weighted by atomic mass is 9.77. The molecule has 0 saturated carbocycles. The molecule has 0 fully saturated rings. The number of hydrogen-bond acceptors (Lipinski definition) is 3. The van der Waals surface area contributed by atoms with E-state index < -0.39 is 5.97 Å². The molecule has 0 radical (unpaired) electrons. The van der Waals surface area contributed by atoms with Gasteiger partial charge in [-0.25, -0.2) is 4.98 Å². The summed E-state index contributed by atoms with van der Waals surface area (Å²) in [6, 6.07) is 0. The van der Waals surface area contributed by atoms with E-state index in [1.165, 1.54) is 11.8 Å². The van der Waals surface area contributed by atoms with Crippen LogP contribution in [0.3, 0.4) is 0 Å². The van der Waals surface area contributed by atoms with Crippen molar-refractivity contribution in [1.82, 2.24) is 9.97 Å². The van der Waals surface area contributed by atoms with Crippen molar-refractivity contribution >= 4 is 35.4 Å². The van der Waals surface area contributed by atoms with Crippen LogP contribution in [0.15, 0.2) is 35.0 Å². The molecular weight excluding hydrogens is 356 g/mol. The maximum absolute atomic E-state index is 10.8. The van der Waals surface area contributed by atoms with Gasteiger partial charge in [0, 0.05) is 16.9 Å². The Morgan fingerprint density at radius 2 is 2.32 bits per heavy atom. The summed E-state index contributed by atoms with van der Waals surface area (Å²) in [6.07, 6.45) is 11.1. The normalized spacial score (nSPS) is 23.4. The fraction of sp³-hybridized carbons (Fsp3) is 0.368. The van der Waals surface area contributed by atoms with Crippen molar-refractivity contribution in [2.75, 3.05) is 5.75 Å². The Kier molecular flexibility index (Phi) is 5.12. The Labute approximate surface area is 156 Å². The standard InChI is InChI=1S/C19H19ClN2O2S/c1-19(2)16(20)13(9-8-12-6-4-3-5-7-12)10-14-17(19)22-18(21-14)25-11-15(23)24/h3-6,10,12,16H,7,11H2,1-2H3,(H,21,22)(H,23,24). The first-order valence-corrected chi connectivity index (χ1v) is 9.45. The minimum absolute atomic E-state index is 0.0327. The van der Waals surface area contributed by atoms with E-state index >= 15 is 0 Å². The molecule has 0 amide bonds. The van der Waals surface area contributed by atoms with E-state index in [1.807, 2.05) is 32.1 Å². The van der Waals surface area contributed by atoms with E-state index in [2.05, 4.69) is 34.0 Å². The van der Waals surface area contributed by atoms with Gasteiger partial charge in [-0.2, -0.15) is 0 Å². The van der Waals surface area contributed by atoms with E-state index in [9.17, 15) is 4.79 Å². The summed E-state index contributed by atoms with van der Waals surface area (Å²) in [7, 11) is 0. The highest BCUT2D eigenvalue weighted by molar-refractivity contribution is 7.99. The largest absolute Gasteiger partial charge is 0.481 e. The smallest absolute Gasteiger partial charge is 0.313 e. The number of carboxylic acid groups (broad SMARTS) is 1. The zero-order valence-electron chi connectivity index (χ0n) is 14.0. The van der Waals surface area contributed by atoms with Gasteiger partial charge in [0.15, 0.2) is 5.16 Å². The van der Waals surface area contributed by atoms with E-state index in [0.717, 1.165) is 23.4 Å². The summed E-state index contributed by atoms with van der Waals surface area (Å²) in [5, 5.41) is 9.16. The summed E-state index contributed by atoms with van der Waals surface area (Å²) in [4.78, 5) is 18.5. The van der Waals surface area contributed by atoms with Gasteiger partial charge in [-0.1, -0.05) is 61.8 Å². The number of fused-ring (bicyclic) bond motifs is 1. The van der Waals surface area contributed by atoms with Gasteiger partial charge in [-0.3, -0.25) is 4.79 Å². The number of thioether (sulfide) groups is 1. The number of aliphatic carboxylic acids is 1. The van der Waals surface area contributed by atoms with E-state index in [-0.39, 0.29) is 22.5 Å². The third kappa shape index (κ3) is 3.86. The molecule has 1 aromatic rings. The van der Waals surface area contributed by atoms with Crippen molar-refractivity contribution in [2.24, 2.45) is 5.92 Å². The van der Waals surface area contributed by atoms with Crippen molar-refractivity contribution in [2.45, 2.75) is 36.2 Å². The average molecular weight is 375 g/mol. The summed E-state index contributed by atoms with van der Waals surface area (Å²) in [5.41, 5.74) is 2.19. The molecule has 2 atom stereocenters. The first kappa shape index (κ1) is 17.9. The van der Waals surface area contributed by atoms with Crippen molar-refractivity contribution in [3.63, 3.8) is 0 Å². The fourth-order valence-corrected chi connectivity index (χ4v) is 3.68. The molecule has 2 aliphatic carbocycles. The average Bonchev–Trinajstić information content (AvgIpc) is 3.00. The lowest BCUT2D eigenvalue weighted by molar-refractivity contribution is -0.133. The molecule has 1 heterocycles. The Morgan fingerprint density at radius 3 is 3.00 bits per heavy atom. The third-order valence-electron chi connectivity index (χ3n) is 4.27. The minimum Gasteiger partial charge on any atom is -0.481 e. The SMILES string of the molecule is CC1(C)c2[nH]c(SCC(=O)O)nc2C=C(C#CC2C=CC=CC2)C1Cl. The van der Waals surface area contributed by atoms with Crippen LogP contribution >= 0.6 is 23.4 Å². The van der Waals surface area contributed by atoms with Crippen LogP contribution in [-0.4, -0.2) is 32.2 Å². The van der Waals surface area contributed by atoms with E-state index in [0.29, 0.717) is 5.16 Å². The summed E-state index contributed by atoms with van der Waals surface area (Å²) in [6.45, 7) is 4.09. The predicted molar refractivity (Wildman–Crippen MR) is 102 cm³/mol. The number of hydrogen-bond donors (Lipinski definition) is 2. The number of H-pyrrole nitrogens is 1. The van der Waals surface area contributed by atoms with Gasteiger partial charge < -0.3 is 10.1 Å². The van der Waals surface area contributed by atoms with Crippen LogP contribution < -0.4 is 0 Å². The Morgan fingerprint density at radius 1 is 1.52 bits per heavy atom. The van der Waals surface area contributed by atoms with Crippen molar-refractivity contribution in [3.05, 3.63) is 41.3 Å². The zero-order chi connectivity index (χ0) is 18.0. The first-order valence-electron chi connectivity index (χ1n) is 8.03. The molecule has 1 aromatic heterocycles. The Bertz CT molecular complexity index is 839. The Hall–Kier alpha value is -1.90.